The van der Waals surface area contributed by atoms with Crippen LogP contribution in [0.2, 0.25) is 0 Å². The number of benzene rings is 1. The summed E-state index contributed by atoms with van der Waals surface area (Å²) in [6, 6.07) is 8.18. The lowest BCUT2D eigenvalue weighted by Gasteiger charge is -2.30. The van der Waals surface area contributed by atoms with Crippen molar-refractivity contribution in [1.82, 2.24) is 15.0 Å². The van der Waals surface area contributed by atoms with Gasteiger partial charge in [0, 0.05) is 22.2 Å². The summed E-state index contributed by atoms with van der Waals surface area (Å²) in [6.45, 7) is 6.66. The molecule has 2 unspecified atom stereocenters. The topological polar surface area (TPSA) is 58.6 Å². The molecule has 0 fully saturated rings. The summed E-state index contributed by atoms with van der Waals surface area (Å²) in [5, 5.41) is 2.22. The van der Waals surface area contributed by atoms with E-state index in [4.69, 9.17) is 0 Å². The lowest BCUT2D eigenvalue weighted by Crippen LogP contribution is -2.20. The highest BCUT2D eigenvalue weighted by atomic mass is 16.1. The molecule has 2 heterocycles. The Bertz CT molecular complexity index is 958. The molecule has 4 nitrogen and oxygen atoms in total. The lowest BCUT2D eigenvalue weighted by molar-refractivity contribution is 0.402. The highest BCUT2D eigenvalue weighted by Gasteiger charge is 2.30. The predicted octanol–water partition coefficient (Wildman–Crippen LogP) is 4.11. The fourth-order valence-electron chi connectivity index (χ4n) is 4.04. The van der Waals surface area contributed by atoms with Gasteiger partial charge in [-0.2, -0.15) is 9.97 Å². The van der Waals surface area contributed by atoms with E-state index in [1.165, 1.54) is 5.56 Å². The van der Waals surface area contributed by atoms with Gasteiger partial charge < -0.3 is 4.98 Å². The Labute approximate surface area is 135 Å². The van der Waals surface area contributed by atoms with Crippen molar-refractivity contribution >= 4 is 21.9 Å². The fourth-order valence-corrected chi connectivity index (χ4v) is 4.04. The molecule has 2 aromatic heterocycles. The third-order valence-electron chi connectivity index (χ3n) is 5.21. The number of nitrogens with zero attached hydrogens (tertiary/aromatic N) is 2. The van der Waals surface area contributed by atoms with Gasteiger partial charge in [-0.3, -0.25) is 0 Å². The zero-order chi connectivity index (χ0) is 16.1. The molecule has 2 atom stereocenters. The van der Waals surface area contributed by atoms with Crippen molar-refractivity contribution in [2.45, 2.75) is 45.4 Å². The Morgan fingerprint density at radius 1 is 1.17 bits per heavy atom. The highest BCUT2D eigenvalue weighted by molar-refractivity contribution is 6.07. The maximum absolute atomic E-state index is 12.3. The number of nitrogens with one attached hydrogen (secondary N) is 1. The Morgan fingerprint density at radius 2 is 1.96 bits per heavy atom. The minimum atomic E-state index is -0.387. The third-order valence-corrected chi connectivity index (χ3v) is 5.21. The minimum absolute atomic E-state index is 0.333. The van der Waals surface area contributed by atoms with Gasteiger partial charge in [0.1, 0.15) is 5.65 Å². The van der Waals surface area contributed by atoms with Gasteiger partial charge in [0.15, 0.2) is 0 Å². The molecule has 1 aliphatic rings. The molecule has 0 radical (unpaired) electrons. The number of hydrogen-bond acceptors (Lipinski definition) is 3. The number of para-hydroxylation sites is 1. The summed E-state index contributed by atoms with van der Waals surface area (Å²) in [5.41, 5.74) is 3.50. The van der Waals surface area contributed by atoms with Crippen LogP contribution < -0.4 is 5.69 Å². The van der Waals surface area contributed by atoms with Gasteiger partial charge in [0.2, 0.25) is 0 Å². The Kier molecular flexibility index (Phi) is 3.22. The van der Waals surface area contributed by atoms with Gasteiger partial charge in [-0.05, 0) is 36.3 Å². The molecule has 4 rings (SSSR count). The number of hydrogen-bond donors (Lipinski definition) is 1. The number of aromatic amines is 1. The van der Waals surface area contributed by atoms with Gasteiger partial charge in [0.25, 0.3) is 0 Å². The van der Waals surface area contributed by atoms with Crippen LogP contribution in [0, 0.1) is 5.92 Å². The van der Waals surface area contributed by atoms with E-state index in [2.05, 4.69) is 41.8 Å². The molecule has 1 aromatic carbocycles. The monoisotopic (exact) mass is 307 g/mol. The molecule has 23 heavy (non-hydrogen) atoms. The van der Waals surface area contributed by atoms with Crippen LogP contribution in [-0.2, 0) is 0 Å². The Hall–Kier alpha value is -2.23. The van der Waals surface area contributed by atoms with Crippen molar-refractivity contribution in [2.75, 3.05) is 0 Å². The van der Waals surface area contributed by atoms with E-state index in [1.807, 2.05) is 18.2 Å². The van der Waals surface area contributed by atoms with Crippen LogP contribution in [0.1, 0.15) is 56.7 Å². The first-order valence-corrected chi connectivity index (χ1v) is 8.39. The second-order valence-corrected chi connectivity index (χ2v) is 7.03. The largest absolute Gasteiger partial charge is 0.369 e. The molecular weight excluding hydrogens is 286 g/mol. The number of fused-ring (bicyclic) bond motifs is 5. The average molecular weight is 307 g/mol. The second kappa shape index (κ2) is 5.15. The minimum Gasteiger partial charge on any atom is -0.339 e. The summed E-state index contributed by atoms with van der Waals surface area (Å²) in [4.78, 5) is 24.2. The predicted molar refractivity (Wildman–Crippen MR) is 92.9 cm³/mol. The van der Waals surface area contributed by atoms with Crippen molar-refractivity contribution in [3.8, 4) is 0 Å². The maximum atomic E-state index is 12.3. The van der Waals surface area contributed by atoms with E-state index in [0.717, 1.165) is 34.8 Å². The molecular formula is C19H21N3O. The molecule has 4 heteroatoms. The van der Waals surface area contributed by atoms with Crippen LogP contribution in [-0.4, -0.2) is 15.0 Å². The number of rotatable bonds is 1. The van der Waals surface area contributed by atoms with E-state index in [1.54, 1.807) is 0 Å². The van der Waals surface area contributed by atoms with E-state index >= 15 is 0 Å². The first-order valence-electron chi connectivity index (χ1n) is 8.39. The molecule has 3 aromatic rings. The van der Waals surface area contributed by atoms with Gasteiger partial charge in [-0.15, -0.1) is 0 Å². The van der Waals surface area contributed by atoms with E-state index in [-0.39, 0.29) is 5.69 Å². The van der Waals surface area contributed by atoms with E-state index < -0.39 is 0 Å². The van der Waals surface area contributed by atoms with Gasteiger partial charge in [-0.1, -0.05) is 39.0 Å². The normalized spacial score (nSPS) is 21.0. The quantitative estimate of drug-likeness (QED) is 0.736. The van der Waals surface area contributed by atoms with Crippen LogP contribution >= 0.6 is 0 Å². The Morgan fingerprint density at radius 3 is 2.74 bits per heavy atom. The SMILES string of the molecule is CC1CCC(C(C)C)c2nc(=O)nc3[nH]c4ccccc4c3c21. The fraction of sp³-hybridized carbons (Fsp3) is 0.421. The molecule has 0 spiro atoms. The molecule has 0 aliphatic heterocycles. The molecule has 1 N–H and O–H groups in total. The van der Waals surface area contributed by atoms with Crippen molar-refractivity contribution < 1.29 is 0 Å². The van der Waals surface area contributed by atoms with E-state index in [0.29, 0.717) is 23.4 Å². The van der Waals surface area contributed by atoms with Crippen LogP contribution in [0.15, 0.2) is 29.1 Å². The number of H-pyrrole nitrogens is 1. The molecule has 0 bridgehead atoms. The zero-order valence-electron chi connectivity index (χ0n) is 13.8. The highest BCUT2D eigenvalue weighted by Crippen LogP contribution is 2.44. The van der Waals surface area contributed by atoms with Crippen molar-refractivity contribution in [1.29, 1.82) is 0 Å². The summed E-state index contributed by atoms with van der Waals surface area (Å²) in [7, 11) is 0. The standard InChI is InChI=1S/C19H21N3O/c1-10(2)12-9-8-11(3)15-16-13-6-4-5-7-14(13)20-18(16)22-19(23)21-17(12)15/h4-7,10-12H,8-9H2,1-3H3,(H,20,21,22,23). The van der Waals surface area contributed by atoms with E-state index in [9.17, 15) is 4.79 Å². The van der Waals surface area contributed by atoms with Crippen molar-refractivity contribution in [3.63, 3.8) is 0 Å². The van der Waals surface area contributed by atoms with Gasteiger partial charge >= 0.3 is 5.69 Å². The Balaban J connectivity index is 2.22. The van der Waals surface area contributed by atoms with Crippen molar-refractivity contribution in [2.24, 2.45) is 5.92 Å². The molecule has 118 valence electrons. The van der Waals surface area contributed by atoms with Crippen molar-refractivity contribution in [3.05, 3.63) is 46.0 Å². The smallest absolute Gasteiger partial charge is 0.339 e. The first-order chi connectivity index (χ1) is 11.1. The third kappa shape index (κ3) is 2.16. The zero-order valence-corrected chi connectivity index (χ0v) is 13.8. The second-order valence-electron chi connectivity index (χ2n) is 7.03. The first kappa shape index (κ1) is 14.4. The number of aromatic nitrogens is 3. The van der Waals surface area contributed by atoms with Gasteiger partial charge in [-0.25, -0.2) is 4.79 Å². The van der Waals surface area contributed by atoms with Crippen LogP contribution in [0.5, 0.6) is 0 Å². The summed E-state index contributed by atoms with van der Waals surface area (Å²) in [6.07, 6.45) is 2.22. The van der Waals surface area contributed by atoms with Gasteiger partial charge in [0.05, 0.1) is 5.69 Å². The van der Waals surface area contributed by atoms with Crippen LogP contribution in [0.4, 0.5) is 0 Å². The molecule has 1 aliphatic carbocycles. The van der Waals surface area contributed by atoms with Crippen LogP contribution in [0.25, 0.3) is 21.9 Å². The summed E-state index contributed by atoms with van der Waals surface area (Å²) in [5.74, 6) is 1.19. The van der Waals surface area contributed by atoms with Crippen LogP contribution in [0.3, 0.4) is 0 Å². The summed E-state index contributed by atoms with van der Waals surface area (Å²) >= 11 is 0. The average Bonchev–Trinajstić information content (AvgIpc) is 2.77. The molecule has 0 saturated carbocycles. The summed E-state index contributed by atoms with van der Waals surface area (Å²) < 4.78 is 0. The maximum Gasteiger partial charge on any atom is 0.369 e. The lowest BCUT2D eigenvalue weighted by atomic mass is 9.75. The molecule has 0 saturated heterocycles. The molecule has 0 amide bonds.